The van der Waals surface area contributed by atoms with Crippen molar-refractivity contribution in [2.45, 2.75) is 19.9 Å². The molecule has 7 heteroatoms. The quantitative estimate of drug-likeness (QED) is 0.769. The van der Waals surface area contributed by atoms with Gasteiger partial charge in [-0.2, -0.15) is 5.10 Å². The first-order valence-electron chi connectivity index (χ1n) is 7.57. The molecule has 0 fully saturated rings. The van der Waals surface area contributed by atoms with Gasteiger partial charge in [0.15, 0.2) is 16.5 Å². The fraction of sp³-hybridized carbons (Fsp3) is 0.235. The van der Waals surface area contributed by atoms with Gasteiger partial charge in [0.25, 0.3) is 0 Å². The number of hydrogen-bond acceptors (Lipinski definition) is 4. The molecule has 2 heterocycles. The summed E-state index contributed by atoms with van der Waals surface area (Å²) in [5.41, 5.74) is 2.91. The molecule has 2 aromatic heterocycles. The highest BCUT2D eigenvalue weighted by atomic mass is 35.5. The van der Waals surface area contributed by atoms with Gasteiger partial charge in [-0.05, 0) is 12.0 Å². The van der Waals surface area contributed by atoms with Crippen LogP contribution in [0, 0.1) is 0 Å². The summed E-state index contributed by atoms with van der Waals surface area (Å²) in [7, 11) is 1.92. The Morgan fingerprint density at radius 3 is 2.67 bits per heavy atom. The van der Waals surface area contributed by atoms with Crippen LogP contribution >= 0.6 is 11.6 Å². The van der Waals surface area contributed by atoms with Gasteiger partial charge in [-0.25, -0.2) is 14.3 Å². The first-order chi connectivity index (χ1) is 11.5. The minimum absolute atomic E-state index is 0.0596. The summed E-state index contributed by atoms with van der Waals surface area (Å²) >= 11 is 6.12. The van der Waals surface area contributed by atoms with Crippen molar-refractivity contribution < 1.29 is 9.90 Å². The third-order valence-corrected chi connectivity index (χ3v) is 4.00. The summed E-state index contributed by atoms with van der Waals surface area (Å²) < 4.78 is 1.32. The number of rotatable bonds is 5. The molecule has 0 aliphatic rings. The summed E-state index contributed by atoms with van der Waals surface area (Å²) in [6.45, 7) is 2.51. The van der Waals surface area contributed by atoms with Crippen LogP contribution in [0.2, 0.25) is 5.15 Å². The number of carboxylic acids is 1. The van der Waals surface area contributed by atoms with Crippen LogP contribution < -0.4 is 4.90 Å². The van der Waals surface area contributed by atoms with E-state index in [1.165, 1.54) is 4.52 Å². The van der Waals surface area contributed by atoms with Crippen molar-refractivity contribution in [1.29, 1.82) is 0 Å². The lowest BCUT2D eigenvalue weighted by molar-refractivity contribution is 0.0686. The zero-order chi connectivity index (χ0) is 17.3. The molecular weight excluding hydrogens is 328 g/mol. The number of halogens is 1. The lowest BCUT2D eigenvalue weighted by Gasteiger charge is -2.20. The molecule has 0 spiro atoms. The Kier molecular flexibility index (Phi) is 4.40. The van der Waals surface area contributed by atoms with Gasteiger partial charge in [-0.15, -0.1) is 0 Å². The Hall–Kier alpha value is -2.60. The molecule has 0 aliphatic carbocycles. The van der Waals surface area contributed by atoms with Crippen LogP contribution in [0.4, 0.5) is 5.69 Å². The van der Waals surface area contributed by atoms with Crippen molar-refractivity contribution in [3.05, 3.63) is 58.5 Å². The minimum Gasteiger partial charge on any atom is -0.476 e. The third kappa shape index (κ3) is 2.92. The van der Waals surface area contributed by atoms with E-state index >= 15 is 0 Å². The van der Waals surface area contributed by atoms with E-state index in [1.807, 2.05) is 49.2 Å². The van der Waals surface area contributed by atoms with Gasteiger partial charge in [-0.1, -0.05) is 48.9 Å². The van der Waals surface area contributed by atoms with E-state index in [2.05, 4.69) is 10.1 Å². The predicted molar refractivity (Wildman–Crippen MR) is 92.9 cm³/mol. The van der Waals surface area contributed by atoms with Crippen LogP contribution in [0.1, 0.15) is 28.7 Å². The molecule has 0 amide bonds. The SMILES string of the molecule is CCc1nc2c(N(C)Cc3ccccc3)cc(Cl)nn2c1C(=O)O. The molecule has 0 bridgehead atoms. The van der Waals surface area contributed by atoms with Crippen molar-refractivity contribution in [2.75, 3.05) is 11.9 Å². The van der Waals surface area contributed by atoms with E-state index in [0.717, 1.165) is 11.3 Å². The maximum absolute atomic E-state index is 11.6. The lowest BCUT2D eigenvalue weighted by atomic mass is 10.2. The van der Waals surface area contributed by atoms with Gasteiger partial charge in [0.1, 0.15) is 0 Å². The number of anilines is 1. The fourth-order valence-electron chi connectivity index (χ4n) is 2.71. The molecule has 0 aliphatic heterocycles. The number of benzene rings is 1. The summed E-state index contributed by atoms with van der Waals surface area (Å²) in [5.74, 6) is -1.06. The Morgan fingerprint density at radius 2 is 2.04 bits per heavy atom. The number of carboxylic acid groups (broad SMARTS) is 1. The van der Waals surface area contributed by atoms with Gasteiger partial charge in [-0.3, -0.25) is 0 Å². The van der Waals surface area contributed by atoms with Gasteiger partial charge in [0.05, 0.1) is 11.4 Å². The molecule has 1 N–H and O–H groups in total. The molecule has 1 aromatic carbocycles. The zero-order valence-corrected chi connectivity index (χ0v) is 14.2. The summed E-state index contributed by atoms with van der Waals surface area (Å²) in [6, 6.07) is 11.7. The summed E-state index contributed by atoms with van der Waals surface area (Å²) in [4.78, 5) is 18.0. The van der Waals surface area contributed by atoms with Crippen LogP contribution in [0.5, 0.6) is 0 Å². The number of aryl methyl sites for hydroxylation is 1. The second-order valence-electron chi connectivity index (χ2n) is 5.50. The molecule has 0 unspecified atom stereocenters. The summed E-state index contributed by atoms with van der Waals surface area (Å²) in [6.07, 6.45) is 0.504. The third-order valence-electron chi connectivity index (χ3n) is 3.82. The normalized spacial score (nSPS) is 11.0. The fourth-order valence-corrected chi connectivity index (χ4v) is 2.88. The first-order valence-corrected chi connectivity index (χ1v) is 7.95. The summed E-state index contributed by atoms with van der Waals surface area (Å²) in [5, 5.41) is 13.8. The monoisotopic (exact) mass is 344 g/mol. The number of aromatic carboxylic acids is 1. The van der Waals surface area contributed by atoms with Crippen LogP contribution in [-0.2, 0) is 13.0 Å². The molecule has 0 radical (unpaired) electrons. The number of imidazole rings is 1. The van der Waals surface area contributed by atoms with Crippen molar-refractivity contribution in [3.63, 3.8) is 0 Å². The standard InChI is InChI=1S/C17H17ClN4O2/c1-3-12-15(17(23)24)22-16(19-12)13(9-14(18)20-22)21(2)10-11-7-5-4-6-8-11/h4-9H,3,10H2,1-2H3,(H,23,24). The van der Waals surface area contributed by atoms with Crippen LogP contribution in [-0.4, -0.2) is 32.7 Å². The average Bonchev–Trinajstić information content (AvgIpc) is 2.93. The number of fused-ring (bicyclic) bond motifs is 1. The lowest BCUT2D eigenvalue weighted by Crippen LogP contribution is -2.18. The average molecular weight is 345 g/mol. The van der Waals surface area contributed by atoms with E-state index < -0.39 is 5.97 Å². The second kappa shape index (κ2) is 6.49. The number of nitrogens with zero attached hydrogens (tertiary/aromatic N) is 4. The molecule has 124 valence electrons. The molecule has 24 heavy (non-hydrogen) atoms. The minimum atomic E-state index is -1.06. The van der Waals surface area contributed by atoms with Crippen LogP contribution in [0.15, 0.2) is 36.4 Å². The van der Waals surface area contributed by atoms with E-state index in [1.54, 1.807) is 6.07 Å². The molecule has 0 saturated heterocycles. The number of hydrogen-bond donors (Lipinski definition) is 1. The van der Waals surface area contributed by atoms with Crippen molar-refractivity contribution >= 4 is 28.9 Å². The highest BCUT2D eigenvalue weighted by Crippen LogP contribution is 2.26. The second-order valence-corrected chi connectivity index (χ2v) is 5.88. The zero-order valence-electron chi connectivity index (χ0n) is 13.4. The van der Waals surface area contributed by atoms with E-state index in [0.29, 0.717) is 24.3 Å². The van der Waals surface area contributed by atoms with Crippen molar-refractivity contribution in [2.24, 2.45) is 0 Å². The maximum Gasteiger partial charge on any atom is 0.356 e. The maximum atomic E-state index is 11.6. The Balaban J connectivity index is 2.12. The van der Waals surface area contributed by atoms with Gasteiger partial charge >= 0.3 is 5.97 Å². The van der Waals surface area contributed by atoms with Crippen LogP contribution in [0.3, 0.4) is 0 Å². The Bertz CT molecular complexity index is 892. The van der Waals surface area contributed by atoms with Gasteiger partial charge in [0.2, 0.25) is 0 Å². The van der Waals surface area contributed by atoms with E-state index in [4.69, 9.17) is 11.6 Å². The molecule has 0 atom stereocenters. The molecule has 0 saturated carbocycles. The molecule has 6 nitrogen and oxygen atoms in total. The smallest absolute Gasteiger partial charge is 0.356 e. The molecular formula is C17H17ClN4O2. The highest BCUT2D eigenvalue weighted by molar-refractivity contribution is 6.29. The van der Waals surface area contributed by atoms with E-state index in [-0.39, 0.29) is 10.8 Å². The van der Waals surface area contributed by atoms with Crippen molar-refractivity contribution in [3.8, 4) is 0 Å². The Morgan fingerprint density at radius 1 is 1.33 bits per heavy atom. The Labute approximate surface area is 144 Å². The largest absolute Gasteiger partial charge is 0.476 e. The molecule has 3 rings (SSSR count). The molecule has 3 aromatic rings. The van der Waals surface area contributed by atoms with Crippen molar-refractivity contribution in [1.82, 2.24) is 14.6 Å². The number of carbonyl (C=O) groups is 1. The van der Waals surface area contributed by atoms with E-state index in [9.17, 15) is 9.90 Å². The first kappa shape index (κ1) is 16.3. The topological polar surface area (TPSA) is 70.7 Å². The number of aromatic nitrogens is 3. The van der Waals surface area contributed by atoms with Crippen LogP contribution in [0.25, 0.3) is 5.65 Å². The van der Waals surface area contributed by atoms with Gasteiger partial charge < -0.3 is 10.0 Å². The predicted octanol–water partition coefficient (Wildman–Crippen LogP) is 3.28. The van der Waals surface area contributed by atoms with Gasteiger partial charge in [0, 0.05) is 19.7 Å². The highest BCUT2D eigenvalue weighted by Gasteiger charge is 2.22.